The van der Waals surface area contributed by atoms with Crippen LogP contribution in [0.2, 0.25) is 0 Å². The fraction of sp³-hybridized carbons (Fsp3) is 0.132. The van der Waals surface area contributed by atoms with Crippen LogP contribution in [-0.2, 0) is 4.79 Å². The number of Topliss-reactive ketones (excluding diaryl/α,β-unsaturated/α-hetero) is 1. The molecule has 1 saturated heterocycles. The standard InChI is InChI=1S/C38H31NO/c1-2-19-39-24-30(22-36-32-15-7-3-11-26(32)20-27-12-4-8-16-33(27)36)38(40)31(25-39)23-37-34-17-9-5-13-28(34)21-29-14-6-10-18-35(29)37/h3-18,20-23H,2,19,24-25H2,1H3/b30-22-,31-23+. The minimum absolute atomic E-state index is 0.154. The van der Waals surface area contributed by atoms with Gasteiger partial charge in [0.2, 0.25) is 0 Å². The molecule has 6 aromatic rings. The highest BCUT2D eigenvalue weighted by molar-refractivity contribution is 6.19. The van der Waals surface area contributed by atoms with Crippen molar-refractivity contribution in [1.82, 2.24) is 4.90 Å². The molecule has 0 spiro atoms. The molecule has 194 valence electrons. The van der Waals surface area contributed by atoms with Crippen LogP contribution in [0.15, 0.2) is 120 Å². The van der Waals surface area contributed by atoms with E-state index in [2.05, 4.69) is 133 Å². The lowest BCUT2D eigenvalue weighted by atomic mass is 9.89. The van der Waals surface area contributed by atoms with Crippen LogP contribution in [0.5, 0.6) is 0 Å². The summed E-state index contributed by atoms with van der Waals surface area (Å²) in [6.07, 6.45) is 5.39. The van der Waals surface area contributed by atoms with Crippen molar-refractivity contribution in [2.24, 2.45) is 0 Å². The average molecular weight is 518 g/mol. The molecule has 1 fully saturated rings. The molecule has 1 aliphatic rings. The van der Waals surface area contributed by atoms with Gasteiger partial charge >= 0.3 is 0 Å². The smallest absolute Gasteiger partial charge is 0.187 e. The van der Waals surface area contributed by atoms with E-state index >= 15 is 0 Å². The van der Waals surface area contributed by atoms with E-state index in [1.54, 1.807) is 0 Å². The lowest BCUT2D eigenvalue weighted by Crippen LogP contribution is -2.38. The summed E-state index contributed by atoms with van der Waals surface area (Å²) in [5.74, 6) is 0.154. The van der Waals surface area contributed by atoms with E-state index in [0.717, 1.165) is 35.2 Å². The molecular weight excluding hydrogens is 486 g/mol. The van der Waals surface area contributed by atoms with Crippen LogP contribution in [0.3, 0.4) is 0 Å². The molecule has 7 rings (SSSR count). The molecule has 1 heterocycles. The summed E-state index contributed by atoms with van der Waals surface area (Å²) in [6.45, 7) is 4.49. The molecule has 0 saturated carbocycles. The summed E-state index contributed by atoms with van der Waals surface area (Å²) in [7, 11) is 0. The van der Waals surface area contributed by atoms with Crippen molar-refractivity contribution in [3.8, 4) is 0 Å². The SMILES string of the molecule is CCCN1C/C(=C/c2c3ccccc3cc3ccccc23)C(=O)/C(=C/c2c3ccccc3cc3ccccc23)C1. The van der Waals surface area contributed by atoms with Crippen LogP contribution in [0, 0.1) is 0 Å². The number of benzene rings is 6. The zero-order chi connectivity index (χ0) is 27.1. The number of ketones is 1. The van der Waals surface area contributed by atoms with E-state index in [-0.39, 0.29) is 5.78 Å². The first kappa shape index (κ1) is 24.5. The first-order valence-corrected chi connectivity index (χ1v) is 14.2. The van der Waals surface area contributed by atoms with Crippen molar-refractivity contribution >= 4 is 61.0 Å². The molecule has 0 aromatic heterocycles. The summed E-state index contributed by atoms with van der Waals surface area (Å²) in [5, 5.41) is 9.50. The van der Waals surface area contributed by atoms with Gasteiger partial charge in [0.05, 0.1) is 0 Å². The Kier molecular flexibility index (Phi) is 6.26. The van der Waals surface area contributed by atoms with Crippen molar-refractivity contribution in [3.63, 3.8) is 0 Å². The lowest BCUT2D eigenvalue weighted by Gasteiger charge is -2.30. The summed E-state index contributed by atoms with van der Waals surface area (Å²) in [6, 6.07) is 38.5. The molecule has 0 N–H and O–H groups in total. The molecule has 40 heavy (non-hydrogen) atoms. The number of hydrogen-bond donors (Lipinski definition) is 0. The predicted molar refractivity (Wildman–Crippen MR) is 171 cm³/mol. The first-order chi connectivity index (χ1) is 19.7. The van der Waals surface area contributed by atoms with E-state index < -0.39 is 0 Å². The van der Waals surface area contributed by atoms with Crippen molar-refractivity contribution in [2.75, 3.05) is 19.6 Å². The highest BCUT2D eigenvalue weighted by atomic mass is 16.1. The number of likely N-dealkylation sites (tertiary alicyclic amines) is 1. The highest BCUT2D eigenvalue weighted by Gasteiger charge is 2.26. The Morgan fingerprint density at radius 1 is 0.575 bits per heavy atom. The molecule has 0 radical (unpaired) electrons. The monoisotopic (exact) mass is 517 g/mol. The van der Waals surface area contributed by atoms with Crippen LogP contribution in [0.4, 0.5) is 0 Å². The second-order valence-electron chi connectivity index (χ2n) is 10.8. The van der Waals surface area contributed by atoms with E-state index in [0.29, 0.717) is 13.1 Å². The van der Waals surface area contributed by atoms with Gasteiger partial charge in [-0.25, -0.2) is 0 Å². The first-order valence-electron chi connectivity index (χ1n) is 14.2. The van der Waals surface area contributed by atoms with Crippen LogP contribution < -0.4 is 0 Å². The molecule has 0 atom stereocenters. The number of fused-ring (bicyclic) bond motifs is 4. The highest BCUT2D eigenvalue weighted by Crippen LogP contribution is 2.34. The zero-order valence-electron chi connectivity index (χ0n) is 22.7. The molecule has 6 aromatic carbocycles. The third kappa shape index (κ3) is 4.31. The second kappa shape index (κ2) is 10.2. The molecule has 0 amide bonds. The Balaban J connectivity index is 1.44. The lowest BCUT2D eigenvalue weighted by molar-refractivity contribution is -0.113. The van der Waals surface area contributed by atoms with Crippen molar-refractivity contribution in [2.45, 2.75) is 13.3 Å². The second-order valence-corrected chi connectivity index (χ2v) is 10.8. The van der Waals surface area contributed by atoms with Gasteiger partial charge in [-0.1, -0.05) is 104 Å². The van der Waals surface area contributed by atoms with Crippen molar-refractivity contribution in [3.05, 3.63) is 131 Å². The molecule has 0 bridgehead atoms. The summed E-state index contributed by atoms with van der Waals surface area (Å²) >= 11 is 0. The van der Waals surface area contributed by atoms with Gasteiger partial charge < -0.3 is 0 Å². The normalized spacial score (nSPS) is 16.7. The summed E-state index contributed by atoms with van der Waals surface area (Å²) in [4.78, 5) is 16.7. The number of nitrogens with zero attached hydrogens (tertiary/aromatic N) is 1. The number of rotatable bonds is 4. The molecule has 0 aliphatic carbocycles. The molecule has 1 aliphatic heterocycles. The van der Waals surface area contributed by atoms with Crippen LogP contribution in [0.25, 0.3) is 55.2 Å². The molecular formula is C38H31NO. The molecule has 0 unspecified atom stereocenters. The largest absolute Gasteiger partial charge is 0.295 e. The number of hydrogen-bond acceptors (Lipinski definition) is 2. The van der Waals surface area contributed by atoms with Gasteiger partial charge in [0.25, 0.3) is 0 Å². The minimum atomic E-state index is 0.154. The third-order valence-corrected chi connectivity index (χ3v) is 8.17. The Labute approximate surface area is 234 Å². The van der Waals surface area contributed by atoms with Gasteiger partial charge in [0.15, 0.2) is 5.78 Å². The van der Waals surface area contributed by atoms with Crippen LogP contribution in [0.1, 0.15) is 24.5 Å². The predicted octanol–water partition coefficient (Wildman–Crippen LogP) is 9.06. The Bertz CT molecular complexity index is 1750. The van der Waals surface area contributed by atoms with E-state index in [9.17, 15) is 4.79 Å². The third-order valence-electron chi connectivity index (χ3n) is 8.17. The Hall–Kier alpha value is -4.53. The van der Waals surface area contributed by atoms with Gasteiger partial charge in [-0.15, -0.1) is 0 Å². The average Bonchev–Trinajstić information content (AvgIpc) is 2.99. The maximum absolute atomic E-state index is 14.3. The van der Waals surface area contributed by atoms with E-state index in [4.69, 9.17) is 0 Å². The van der Waals surface area contributed by atoms with Crippen LogP contribution in [-0.4, -0.2) is 30.3 Å². The van der Waals surface area contributed by atoms with Crippen molar-refractivity contribution < 1.29 is 4.79 Å². The Morgan fingerprint density at radius 2 is 0.925 bits per heavy atom. The molecule has 2 heteroatoms. The fourth-order valence-electron chi connectivity index (χ4n) is 6.34. The van der Waals surface area contributed by atoms with Gasteiger partial charge in [0.1, 0.15) is 0 Å². The number of carbonyl (C=O) groups is 1. The Morgan fingerprint density at radius 3 is 1.27 bits per heavy atom. The maximum atomic E-state index is 14.3. The maximum Gasteiger partial charge on any atom is 0.187 e. The quantitative estimate of drug-likeness (QED) is 0.172. The van der Waals surface area contributed by atoms with E-state index in [1.807, 2.05) is 0 Å². The number of carbonyl (C=O) groups excluding carboxylic acids is 1. The fourth-order valence-corrected chi connectivity index (χ4v) is 6.34. The van der Waals surface area contributed by atoms with Gasteiger partial charge in [-0.2, -0.15) is 0 Å². The topological polar surface area (TPSA) is 20.3 Å². The van der Waals surface area contributed by atoms with Crippen molar-refractivity contribution in [1.29, 1.82) is 0 Å². The summed E-state index contributed by atoms with van der Waals surface area (Å²) in [5.41, 5.74) is 3.98. The van der Waals surface area contributed by atoms with Gasteiger partial charge in [0, 0.05) is 24.2 Å². The van der Waals surface area contributed by atoms with Gasteiger partial charge in [-0.05, 0) is 91.5 Å². The van der Waals surface area contributed by atoms with Crippen LogP contribution >= 0.6 is 0 Å². The molecule has 2 nitrogen and oxygen atoms in total. The minimum Gasteiger partial charge on any atom is -0.295 e. The number of piperidine rings is 1. The van der Waals surface area contributed by atoms with Gasteiger partial charge in [-0.3, -0.25) is 9.69 Å². The van der Waals surface area contributed by atoms with E-state index in [1.165, 1.54) is 43.1 Å². The zero-order valence-corrected chi connectivity index (χ0v) is 22.7. The summed E-state index contributed by atoms with van der Waals surface area (Å²) < 4.78 is 0.